The molecule has 1 rings (SSSR count). The van der Waals surface area contributed by atoms with E-state index in [2.05, 4.69) is 52.4 Å². The average molecular weight is 308 g/mol. The molecule has 1 heterocycles. The van der Waals surface area contributed by atoms with E-state index < -0.39 is 8.32 Å². The van der Waals surface area contributed by atoms with Crippen molar-refractivity contribution in [3.63, 3.8) is 0 Å². The highest BCUT2D eigenvalue weighted by Gasteiger charge is 2.37. The highest BCUT2D eigenvalue weighted by Crippen LogP contribution is 2.38. The Hall–Kier alpha value is -1.13. The van der Waals surface area contributed by atoms with Crippen LogP contribution < -0.4 is 4.74 Å². The van der Waals surface area contributed by atoms with Crippen molar-refractivity contribution in [1.29, 1.82) is 0 Å². The molecule has 0 aromatic carbocycles. The first kappa shape index (κ1) is 17.9. The summed E-state index contributed by atoms with van der Waals surface area (Å²) in [5, 5.41) is 0.185. The van der Waals surface area contributed by atoms with Crippen molar-refractivity contribution in [2.24, 2.45) is 0 Å². The van der Waals surface area contributed by atoms with E-state index in [1.807, 2.05) is 6.07 Å². The summed E-state index contributed by atoms with van der Waals surface area (Å²) in [6.45, 7) is 18.0. The largest absolute Gasteiger partial charge is 0.481 e. The fourth-order valence-electron chi connectivity index (χ4n) is 1.78. The van der Waals surface area contributed by atoms with Crippen LogP contribution >= 0.6 is 0 Å². The van der Waals surface area contributed by atoms with Crippen LogP contribution in [0.1, 0.15) is 45.2 Å². The average Bonchev–Trinajstić information content (AvgIpc) is 2.42. The Kier molecular flexibility index (Phi) is 5.76. The molecule has 0 aliphatic carbocycles. The standard InChI is InChI=1S/C17H29NO2Si/c1-9-13(2)14-10-11-18-16(19-6)15(14)12-20-21(7,8)17(3,4)5/h10-11H,2,9,12H2,1,3-8H3. The topological polar surface area (TPSA) is 31.4 Å². The third-order valence-electron chi connectivity index (χ3n) is 4.40. The van der Waals surface area contributed by atoms with Gasteiger partial charge in [-0.1, -0.05) is 34.3 Å². The van der Waals surface area contributed by atoms with E-state index in [0.717, 1.165) is 23.1 Å². The van der Waals surface area contributed by atoms with Gasteiger partial charge in [0, 0.05) is 11.8 Å². The van der Waals surface area contributed by atoms with E-state index in [1.165, 1.54) is 0 Å². The lowest BCUT2D eigenvalue weighted by molar-refractivity contribution is 0.267. The Morgan fingerprint density at radius 3 is 2.43 bits per heavy atom. The van der Waals surface area contributed by atoms with E-state index in [1.54, 1.807) is 13.3 Å². The van der Waals surface area contributed by atoms with Gasteiger partial charge in [-0.2, -0.15) is 0 Å². The summed E-state index contributed by atoms with van der Waals surface area (Å²) in [6, 6.07) is 2.00. The number of rotatable bonds is 6. The minimum atomic E-state index is -1.80. The molecule has 1 aromatic heterocycles. The van der Waals surface area contributed by atoms with Gasteiger partial charge in [0.25, 0.3) is 0 Å². The molecule has 0 bridgehead atoms. The van der Waals surface area contributed by atoms with Crippen molar-refractivity contribution in [2.45, 2.75) is 58.9 Å². The Morgan fingerprint density at radius 2 is 1.95 bits per heavy atom. The Morgan fingerprint density at radius 1 is 1.33 bits per heavy atom. The van der Waals surface area contributed by atoms with Crippen LogP contribution in [0.25, 0.3) is 5.57 Å². The van der Waals surface area contributed by atoms with E-state index in [9.17, 15) is 0 Å². The quantitative estimate of drug-likeness (QED) is 0.690. The van der Waals surface area contributed by atoms with E-state index in [0.29, 0.717) is 12.5 Å². The molecule has 0 fully saturated rings. The number of allylic oxidation sites excluding steroid dienone is 1. The van der Waals surface area contributed by atoms with Crippen LogP contribution in [0.5, 0.6) is 5.88 Å². The third kappa shape index (κ3) is 4.17. The molecule has 0 amide bonds. The Bertz CT molecular complexity index is 504. The fraction of sp³-hybridized carbons (Fsp3) is 0.588. The minimum Gasteiger partial charge on any atom is -0.481 e. The molecule has 0 unspecified atom stereocenters. The summed E-state index contributed by atoms with van der Waals surface area (Å²) in [4.78, 5) is 4.31. The maximum atomic E-state index is 6.34. The number of ether oxygens (including phenoxy) is 1. The van der Waals surface area contributed by atoms with Crippen LogP contribution in [0.3, 0.4) is 0 Å². The van der Waals surface area contributed by atoms with Crippen LogP contribution in [-0.4, -0.2) is 20.4 Å². The molecule has 0 N–H and O–H groups in total. The first-order valence-electron chi connectivity index (χ1n) is 7.48. The highest BCUT2D eigenvalue weighted by molar-refractivity contribution is 6.74. The molecule has 0 spiro atoms. The summed E-state index contributed by atoms with van der Waals surface area (Å²) >= 11 is 0. The lowest BCUT2D eigenvalue weighted by atomic mass is 10.0. The molecule has 118 valence electrons. The van der Waals surface area contributed by atoms with Crippen molar-refractivity contribution in [3.8, 4) is 5.88 Å². The zero-order chi connectivity index (χ0) is 16.3. The summed E-state index contributed by atoms with van der Waals surface area (Å²) in [5.74, 6) is 0.640. The second kappa shape index (κ2) is 6.75. The van der Waals surface area contributed by atoms with E-state index in [4.69, 9.17) is 9.16 Å². The summed E-state index contributed by atoms with van der Waals surface area (Å²) in [7, 11) is -0.155. The first-order chi connectivity index (χ1) is 9.64. The van der Waals surface area contributed by atoms with Crippen molar-refractivity contribution in [2.75, 3.05) is 7.11 Å². The van der Waals surface area contributed by atoms with Crippen molar-refractivity contribution >= 4 is 13.9 Å². The number of methoxy groups -OCH3 is 1. The second-order valence-electron chi connectivity index (χ2n) is 6.85. The van der Waals surface area contributed by atoms with E-state index in [-0.39, 0.29) is 5.04 Å². The van der Waals surface area contributed by atoms with E-state index >= 15 is 0 Å². The normalized spacial score (nSPS) is 12.3. The van der Waals surface area contributed by atoms with Gasteiger partial charge in [0.15, 0.2) is 8.32 Å². The van der Waals surface area contributed by atoms with Crippen molar-refractivity contribution < 1.29 is 9.16 Å². The minimum absolute atomic E-state index is 0.185. The van der Waals surface area contributed by atoms with Gasteiger partial charge in [-0.05, 0) is 41.8 Å². The monoisotopic (exact) mass is 307 g/mol. The maximum Gasteiger partial charge on any atom is 0.219 e. The van der Waals surface area contributed by atoms with Crippen LogP contribution in [0.4, 0.5) is 0 Å². The first-order valence-corrected chi connectivity index (χ1v) is 10.4. The molecule has 0 aliphatic heterocycles. The molecule has 1 aromatic rings. The SMILES string of the molecule is C=C(CC)c1ccnc(OC)c1CO[Si](C)(C)C(C)(C)C. The zero-order valence-electron chi connectivity index (χ0n) is 14.5. The molecule has 0 atom stereocenters. The molecule has 0 radical (unpaired) electrons. The third-order valence-corrected chi connectivity index (χ3v) is 8.88. The Labute approximate surface area is 130 Å². The van der Waals surface area contributed by atoms with Crippen LogP contribution in [0.15, 0.2) is 18.8 Å². The Balaban J connectivity index is 3.10. The lowest BCUT2D eigenvalue weighted by Crippen LogP contribution is -2.40. The predicted octanol–water partition coefficient (Wildman–Crippen LogP) is 5.04. The second-order valence-corrected chi connectivity index (χ2v) is 11.7. The maximum absolute atomic E-state index is 6.34. The van der Waals surface area contributed by atoms with Gasteiger partial charge in [-0.3, -0.25) is 0 Å². The van der Waals surface area contributed by atoms with Crippen molar-refractivity contribution in [3.05, 3.63) is 30.0 Å². The number of nitrogens with zero attached hydrogens (tertiary/aromatic N) is 1. The summed E-state index contributed by atoms with van der Waals surface area (Å²) in [6.07, 6.45) is 2.67. The van der Waals surface area contributed by atoms with Gasteiger partial charge in [0.05, 0.1) is 13.7 Å². The van der Waals surface area contributed by atoms with Gasteiger partial charge in [-0.25, -0.2) is 4.98 Å². The molecule has 3 nitrogen and oxygen atoms in total. The molecule has 4 heteroatoms. The van der Waals surface area contributed by atoms with Crippen LogP contribution in [0.2, 0.25) is 18.1 Å². The van der Waals surface area contributed by atoms with Crippen LogP contribution in [0, 0.1) is 0 Å². The fourth-order valence-corrected chi connectivity index (χ4v) is 2.72. The molecular weight excluding hydrogens is 278 g/mol. The highest BCUT2D eigenvalue weighted by atomic mass is 28.4. The predicted molar refractivity (Wildman–Crippen MR) is 92.1 cm³/mol. The molecule has 0 saturated heterocycles. The molecule has 21 heavy (non-hydrogen) atoms. The number of hydrogen-bond acceptors (Lipinski definition) is 3. The molecule has 0 aliphatic rings. The van der Waals surface area contributed by atoms with Crippen LogP contribution in [-0.2, 0) is 11.0 Å². The van der Waals surface area contributed by atoms with Crippen molar-refractivity contribution in [1.82, 2.24) is 4.98 Å². The van der Waals surface area contributed by atoms with Gasteiger partial charge in [0.1, 0.15) is 0 Å². The summed E-state index contributed by atoms with van der Waals surface area (Å²) in [5.41, 5.74) is 3.20. The van der Waals surface area contributed by atoms with Gasteiger partial charge < -0.3 is 9.16 Å². The van der Waals surface area contributed by atoms with Gasteiger partial charge in [0.2, 0.25) is 5.88 Å². The smallest absolute Gasteiger partial charge is 0.219 e. The van der Waals surface area contributed by atoms with Gasteiger partial charge >= 0.3 is 0 Å². The molecule has 0 saturated carbocycles. The molecular formula is C17H29NO2Si. The van der Waals surface area contributed by atoms with Gasteiger partial charge in [-0.15, -0.1) is 0 Å². The lowest BCUT2D eigenvalue weighted by Gasteiger charge is -2.36. The number of aromatic nitrogens is 1. The number of hydrogen-bond donors (Lipinski definition) is 0. The summed E-state index contributed by atoms with van der Waals surface area (Å²) < 4.78 is 11.8. The zero-order valence-corrected chi connectivity index (χ0v) is 15.5. The number of pyridine rings is 1.